The topological polar surface area (TPSA) is 50.4 Å². The molecule has 0 aromatic heterocycles. The average Bonchev–Trinajstić information content (AvgIpc) is 2.53. The van der Waals surface area contributed by atoms with E-state index in [0.717, 1.165) is 17.9 Å². The zero-order valence-corrected chi connectivity index (χ0v) is 12.1. The van der Waals surface area contributed by atoms with Crippen LogP contribution in [-0.4, -0.2) is 19.2 Å². The predicted molar refractivity (Wildman–Crippen MR) is 84.8 cm³/mol. The van der Waals surface area contributed by atoms with Crippen LogP contribution >= 0.6 is 0 Å². The summed E-state index contributed by atoms with van der Waals surface area (Å²) in [5.74, 6) is 0.801. The third-order valence-electron chi connectivity index (χ3n) is 3.02. The van der Waals surface area contributed by atoms with E-state index in [1.54, 1.807) is 0 Å². The first kappa shape index (κ1) is 14.9. The molecule has 0 radical (unpaired) electrons. The van der Waals surface area contributed by atoms with Gasteiger partial charge in [0.2, 0.25) is 0 Å². The summed E-state index contributed by atoms with van der Waals surface area (Å²) >= 11 is 0. The number of rotatable bonds is 6. The molecule has 0 saturated carbocycles. The number of carbonyl (C=O) groups is 1. The molecule has 2 aromatic rings. The fraction of sp³-hybridized carbons (Fsp3) is 0.235. The van der Waals surface area contributed by atoms with Gasteiger partial charge in [0.1, 0.15) is 12.4 Å². The number of carbonyl (C=O) groups excluding carboxylic acids is 1. The number of aryl methyl sites for hydroxylation is 1. The van der Waals surface area contributed by atoms with Crippen molar-refractivity contribution < 1.29 is 9.53 Å². The van der Waals surface area contributed by atoms with E-state index in [4.69, 9.17) is 4.74 Å². The lowest BCUT2D eigenvalue weighted by molar-refractivity contribution is 0.247. The lowest BCUT2D eigenvalue weighted by atomic mass is 10.1. The quantitative estimate of drug-likeness (QED) is 0.798. The molecule has 0 atom stereocenters. The average molecular weight is 284 g/mol. The minimum atomic E-state index is -0.226. The van der Waals surface area contributed by atoms with Crippen molar-refractivity contribution >= 4 is 11.7 Å². The Morgan fingerprint density at radius 3 is 2.43 bits per heavy atom. The van der Waals surface area contributed by atoms with Crippen molar-refractivity contribution in [2.75, 3.05) is 18.5 Å². The molecule has 0 heterocycles. The number of amides is 2. The summed E-state index contributed by atoms with van der Waals surface area (Å²) in [6, 6.07) is 17.1. The Hall–Kier alpha value is -2.49. The number of urea groups is 1. The highest BCUT2D eigenvalue weighted by Crippen LogP contribution is 2.10. The zero-order chi connectivity index (χ0) is 14.9. The normalized spacial score (nSPS) is 9.95. The first-order chi connectivity index (χ1) is 10.3. The monoisotopic (exact) mass is 284 g/mol. The summed E-state index contributed by atoms with van der Waals surface area (Å²) < 4.78 is 5.49. The standard InChI is InChI=1S/C17H20N2O2/c1-2-14-8-10-15(11-9-14)19-17(20)18-12-13-21-16-6-4-3-5-7-16/h3-11H,2,12-13H2,1H3,(H2,18,19,20). The van der Waals surface area contributed by atoms with Gasteiger partial charge in [-0.25, -0.2) is 4.79 Å². The number of nitrogens with one attached hydrogen (secondary N) is 2. The molecule has 0 bridgehead atoms. The SMILES string of the molecule is CCc1ccc(NC(=O)NCCOc2ccccc2)cc1. The van der Waals surface area contributed by atoms with Crippen molar-refractivity contribution in [1.29, 1.82) is 0 Å². The van der Waals surface area contributed by atoms with Gasteiger partial charge in [0.05, 0.1) is 6.54 Å². The molecule has 0 saturated heterocycles. The van der Waals surface area contributed by atoms with Gasteiger partial charge in [0, 0.05) is 5.69 Å². The molecule has 0 aliphatic heterocycles. The molecule has 0 spiro atoms. The summed E-state index contributed by atoms with van der Waals surface area (Å²) in [7, 11) is 0. The lowest BCUT2D eigenvalue weighted by Gasteiger charge is -2.09. The van der Waals surface area contributed by atoms with E-state index in [1.165, 1.54) is 5.56 Å². The Labute approximate surface area is 125 Å². The molecule has 2 amide bonds. The van der Waals surface area contributed by atoms with Crippen molar-refractivity contribution in [3.05, 3.63) is 60.2 Å². The van der Waals surface area contributed by atoms with Crippen LogP contribution in [0.4, 0.5) is 10.5 Å². The second kappa shape index (κ2) is 7.94. The Bertz CT molecular complexity index is 553. The Balaban J connectivity index is 1.67. The van der Waals surface area contributed by atoms with Gasteiger partial charge in [-0.3, -0.25) is 0 Å². The highest BCUT2D eigenvalue weighted by Gasteiger charge is 2.01. The molecule has 0 aliphatic rings. The van der Waals surface area contributed by atoms with Gasteiger partial charge in [-0.1, -0.05) is 37.3 Å². The smallest absolute Gasteiger partial charge is 0.319 e. The summed E-state index contributed by atoms with van der Waals surface area (Å²) in [4.78, 5) is 11.7. The van der Waals surface area contributed by atoms with Crippen molar-refractivity contribution in [3.63, 3.8) is 0 Å². The maximum absolute atomic E-state index is 11.7. The highest BCUT2D eigenvalue weighted by molar-refractivity contribution is 5.89. The molecule has 0 unspecified atom stereocenters. The highest BCUT2D eigenvalue weighted by atomic mass is 16.5. The van der Waals surface area contributed by atoms with Crippen LogP contribution in [-0.2, 0) is 6.42 Å². The van der Waals surface area contributed by atoms with E-state index in [2.05, 4.69) is 17.6 Å². The van der Waals surface area contributed by atoms with E-state index >= 15 is 0 Å². The van der Waals surface area contributed by atoms with Gasteiger partial charge in [0.15, 0.2) is 0 Å². The van der Waals surface area contributed by atoms with Crippen LogP contribution in [0, 0.1) is 0 Å². The molecule has 0 fully saturated rings. The fourth-order valence-electron chi connectivity index (χ4n) is 1.85. The van der Waals surface area contributed by atoms with E-state index < -0.39 is 0 Å². The second-order valence-corrected chi connectivity index (χ2v) is 4.59. The molecule has 4 heteroatoms. The van der Waals surface area contributed by atoms with Gasteiger partial charge in [-0.2, -0.15) is 0 Å². The van der Waals surface area contributed by atoms with Crippen LogP contribution in [0.1, 0.15) is 12.5 Å². The van der Waals surface area contributed by atoms with Crippen LogP contribution in [0.3, 0.4) is 0 Å². The largest absolute Gasteiger partial charge is 0.492 e. The van der Waals surface area contributed by atoms with Crippen molar-refractivity contribution in [1.82, 2.24) is 5.32 Å². The molecular weight excluding hydrogens is 264 g/mol. The van der Waals surface area contributed by atoms with Gasteiger partial charge >= 0.3 is 6.03 Å². The van der Waals surface area contributed by atoms with Gasteiger partial charge in [0.25, 0.3) is 0 Å². The van der Waals surface area contributed by atoms with Gasteiger partial charge in [-0.05, 0) is 36.2 Å². The summed E-state index contributed by atoms with van der Waals surface area (Å²) in [6.45, 7) is 2.99. The van der Waals surface area contributed by atoms with Crippen LogP contribution in [0.25, 0.3) is 0 Å². The Morgan fingerprint density at radius 2 is 1.76 bits per heavy atom. The molecule has 2 rings (SSSR count). The molecule has 2 aromatic carbocycles. The second-order valence-electron chi connectivity index (χ2n) is 4.59. The van der Waals surface area contributed by atoms with Crippen LogP contribution in [0.2, 0.25) is 0 Å². The number of benzene rings is 2. The number of ether oxygens (including phenoxy) is 1. The first-order valence-corrected chi connectivity index (χ1v) is 7.09. The third kappa shape index (κ3) is 5.18. The van der Waals surface area contributed by atoms with Crippen LogP contribution in [0.15, 0.2) is 54.6 Å². The van der Waals surface area contributed by atoms with Gasteiger partial charge in [-0.15, -0.1) is 0 Å². The minimum Gasteiger partial charge on any atom is -0.492 e. The van der Waals surface area contributed by atoms with Crippen LogP contribution in [0.5, 0.6) is 5.75 Å². The van der Waals surface area contributed by atoms with Crippen molar-refractivity contribution in [2.24, 2.45) is 0 Å². The summed E-state index contributed by atoms with van der Waals surface area (Å²) in [6.07, 6.45) is 0.989. The lowest BCUT2D eigenvalue weighted by Crippen LogP contribution is -2.32. The van der Waals surface area contributed by atoms with Crippen molar-refractivity contribution in [3.8, 4) is 5.75 Å². The summed E-state index contributed by atoms with van der Waals surface area (Å²) in [5, 5.41) is 5.54. The molecular formula is C17H20N2O2. The molecule has 4 nitrogen and oxygen atoms in total. The maximum atomic E-state index is 11.7. The molecule has 21 heavy (non-hydrogen) atoms. The Morgan fingerprint density at radius 1 is 1.05 bits per heavy atom. The van der Waals surface area contributed by atoms with E-state index in [9.17, 15) is 4.79 Å². The number of para-hydroxylation sites is 1. The molecule has 2 N–H and O–H groups in total. The van der Waals surface area contributed by atoms with E-state index in [1.807, 2.05) is 54.6 Å². The van der Waals surface area contributed by atoms with Crippen LogP contribution < -0.4 is 15.4 Å². The molecule has 110 valence electrons. The first-order valence-electron chi connectivity index (χ1n) is 7.09. The van der Waals surface area contributed by atoms with E-state index in [-0.39, 0.29) is 6.03 Å². The Kier molecular flexibility index (Phi) is 5.64. The van der Waals surface area contributed by atoms with E-state index in [0.29, 0.717) is 13.2 Å². The number of hydrogen-bond acceptors (Lipinski definition) is 2. The molecule has 0 aliphatic carbocycles. The number of anilines is 1. The predicted octanol–water partition coefficient (Wildman–Crippen LogP) is 3.45. The minimum absolute atomic E-state index is 0.226. The maximum Gasteiger partial charge on any atom is 0.319 e. The number of hydrogen-bond donors (Lipinski definition) is 2. The third-order valence-corrected chi connectivity index (χ3v) is 3.02. The summed E-state index contributed by atoms with van der Waals surface area (Å²) in [5.41, 5.74) is 2.03. The van der Waals surface area contributed by atoms with Gasteiger partial charge < -0.3 is 15.4 Å². The zero-order valence-electron chi connectivity index (χ0n) is 12.1. The fourth-order valence-corrected chi connectivity index (χ4v) is 1.85. The van der Waals surface area contributed by atoms with Crippen molar-refractivity contribution in [2.45, 2.75) is 13.3 Å².